The number of rotatable bonds is 4. The Morgan fingerprint density at radius 2 is 2.19 bits per heavy atom. The molecule has 0 aliphatic heterocycles. The van der Waals surface area contributed by atoms with E-state index in [9.17, 15) is 4.79 Å². The summed E-state index contributed by atoms with van der Waals surface area (Å²) in [6.45, 7) is 3.91. The second-order valence-corrected chi connectivity index (χ2v) is 5.35. The number of carbonyl (C=O) groups is 1. The highest BCUT2D eigenvalue weighted by Crippen LogP contribution is 2.18. The van der Waals surface area contributed by atoms with Gasteiger partial charge in [-0.05, 0) is 26.0 Å². The maximum absolute atomic E-state index is 11.8. The number of nitrogens with zero attached hydrogens (tertiary/aromatic N) is 4. The zero-order chi connectivity index (χ0) is 15.4. The van der Waals surface area contributed by atoms with Crippen LogP contribution in [0.2, 0.25) is 5.02 Å². The van der Waals surface area contributed by atoms with Gasteiger partial charge in [0.25, 0.3) is 0 Å². The van der Waals surface area contributed by atoms with Crippen molar-refractivity contribution in [1.82, 2.24) is 19.7 Å². The fourth-order valence-corrected chi connectivity index (χ4v) is 1.81. The van der Waals surface area contributed by atoms with Crippen LogP contribution in [-0.4, -0.2) is 38.7 Å². The van der Waals surface area contributed by atoms with E-state index in [1.165, 1.54) is 10.8 Å². The van der Waals surface area contributed by atoms with Crippen molar-refractivity contribution in [2.24, 2.45) is 0 Å². The minimum atomic E-state index is -0.0789. The molecule has 0 unspecified atom stereocenters. The van der Waals surface area contributed by atoms with Crippen LogP contribution in [0.1, 0.15) is 13.8 Å². The van der Waals surface area contributed by atoms with Crippen LogP contribution in [0.4, 0.5) is 0 Å². The number of carbonyl (C=O) groups excluding carboxylic acids is 1. The van der Waals surface area contributed by atoms with Crippen molar-refractivity contribution in [1.29, 1.82) is 0 Å². The third-order valence-electron chi connectivity index (χ3n) is 3.08. The van der Waals surface area contributed by atoms with Crippen molar-refractivity contribution >= 4 is 23.7 Å². The van der Waals surface area contributed by atoms with E-state index in [-0.39, 0.29) is 11.9 Å². The normalized spacial score (nSPS) is 11.3. The van der Waals surface area contributed by atoms with Gasteiger partial charge in [0.15, 0.2) is 5.82 Å². The number of amides is 1. The van der Waals surface area contributed by atoms with Gasteiger partial charge in [0.1, 0.15) is 6.33 Å². The number of hydrogen-bond donors (Lipinski definition) is 0. The van der Waals surface area contributed by atoms with Gasteiger partial charge in [0.2, 0.25) is 5.91 Å². The molecule has 110 valence electrons. The zero-order valence-corrected chi connectivity index (χ0v) is 12.9. The molecule has 1 amide bonds. The van der Waals surface area contributed by atoms with Crippen LogP contribution in [0.3, 0.4) is 0 Å². The van der Waals surface area contributed by atoms with E-state index in [1.54, 1.807) is 36.6 Å². The summed E-state index contributed by atoms with van der Waals surface area (Å²) in [6, 6.07) is 7.47. The molecule has 0 saturated carbocycles. The Kier molecular flexibility index (Phi) is 4.75. The lowest BCUT2D eigenvalue weighted by atomic mass is 10.2. The first-order valence-corrected chi connectivity index (χ1v) is 6.97. The third kappa shape index (κ3) is 3.92. The molecule has 2 rings (SSSR count). The summed E-state index contributed by atoms with van der Waals surface area (Å²) in [5, 5.41) is 4.92. The van der Waals surface area contributed by atoms with Crippen LogP contribution in [-0.2, 0) is 4.79 Å². The summed E-state index contributed by atoms with van der Waals surface area (Å²) in [5.41, 5.74) is 0.834. The molecule has 0 radical (unpaired) electrons. The van der Waals surface area contributed by atoms with Crippen molar-refractivity contribution < 1.29 is 4.79 Å². The van der Waals surface area contributed by atoms with Crippen molar-refractivity contribution in [3.05, 3.63) is 41.7 Å². The zero-order valence-electron chi connectivity index (χ0n) is 12.2. The lowest BCUT2D eigenvalue weighted by Gasteiger charge is -2.19. The maximum Gasteiger partial charge on any atom is 0.248 e. The van der Waals surface area contributed by atoms with Gasteiger partial charge in [-0.3, -0.25) is 4.79 Å². The van der Waals surface area contributed by atoms with Gasteiger partial charge in [-0.1, -0.05) is 23.7 Å². The highest BCUT2D eigenvalue weighted by atomic mass is 35.5. The van der Waals surface area contributed by atoms with Gasteiger partial charge in [0.05, 0.1) is 0 Å². The number of hydrogen-bond acceptors (Lipinski definition) is 3. The number of halogens is 1. The molecule has 6 heteroatoms. The molecular formula is C15H17ClN4O. The summed E-state index contributed by atoms with van der Waals surface area (Å²) in [6.07, 6.45) is 4.61. The molecule has 1 aromatic carbocycles. The van der Waals surface area contributed by atoms with Crippen molar-refractivity contribution in [2.75, 3.05) is 7.05 Å². The first-order chi connectivity index (χ1) is 9.97. The first-order valence-electron chi connectivity index (χ1n) is 6.59. The Balaban J connectivity index is 2.12. The van der Waals surface area contributed by atoms with Crippen LogP contribution in [0.15, 0.2) is 36.7 Å². The molecule has 21 heavy (non-hydrogen) atoms. The van der Waals surface area contributed by atoms with Crippen LogP contribution >= 0.6 is 11.6 Å². The third-order valence-corrected chi connectivity index (χ3v) is 3.32. The Labute approximate surface area is 128 Å². The van der Waals surface area contributed by atoms with Gasteiger partial charge < -0.3 is 4.90 Å². The SMILES string of the molecule is CC(C)N(C)C(=O)C=Cn1cnc(-c2cccc(Cl)c2)n1. The molecule has 0 spiro atoms. The van der Waals surface area contributed by atoms with Gasteiger partial charge in [0, 0.05) is 36.0 Å². The molecule has 1 aromatic heterocycles. The lowest BCUT2D eigenvalue weighted by molar-refractivity contribution is -0.126. The van der Waals surface area contributed by atoms with E-state index in [0.29, 0.717) is 10.8 Å². The molecule has 0 aliphatic carbocycles. The van der Waals surface area contributed by atoms with E-state index in [0.717, 1.165) is 5.56 Å². The average Bonchev–Trinajstić information content (AvgIpc) is 2.92. The van der Waals surface area contributed by atoms with Crippen molar-refractivity contribution in [2.45, 2.75) is 19.9 Å². The summed E-state index contributed by atoms with van der Waals surface area (Å²) < 4.78 is 1.50. The van der Waals surface area contributed by atoms with Gasteiger partial charge >= 0.3 is 0 Å². The molecule has 2 aromatic rings. The molecular weight excluding hydrogens is 288 g/mol. The molecule has 0 bridgehead atoms. The Hall–Kier alpha value is -2.14. The summed E-state index contributed by atoms with van der Waals surface area (Å²) in [7, 11) is 1.76. The summed E-state index contributed by atoms with van der Waals surface area (Å²) in [4.78, 5) is 17.7. The molecule has 0 N–H and O–H groups in total. The largest absolute Gasteiger partial charge is 0.340 e. The Morgan fingerprint density at radius 1 is 1.43 bits per heavy atom. The molecule has 1 heterocycles. The second kappa shape index (κ2) is 6.54. The van der Waals surface area contributed by atoms with E-state index in [4.69, 9.17) is 11.6 Å². The minimum Gasteiger partial charge on any atom is -0.340 e. The van der Waals surface area contributed by atoms with E-state index in [1.807, 2.05) is 26.0 Å². The summed E-state index contributed by atoms with van der Waals surface area (Å²) in [5.74, 6) is 0.483. The van der Waals surface area contributed by atoms with Crippen LogP contribution in [0, 0.1) is 0 Å². The smallest absolute Gasteiger partial charge is 0.248 e. The van der Waals surface area contributed by atoms with Crippen LogP contribution in [0.5, 0.6) is 0 Å². The molecule has 0 atom stereocenters. The standard InChI is InChI=1S/C15H17ClN4O/c1-11(2)19(3)14(21)7-8-20-10-17-15(18-20)12-5-4-6-13(16)9-12/h4-11H,1-3H3. The van der Waals surface area contributed by atoms with Crippen LogP contribution < -0.4 is 0 Å². The topological polar surface area (TPSA) is 51.0 Å². The van der Waals surface area contributed by atoms with Crippen molar-refractivity contribution in [3.63, 3.8) is 0 Å². The Bertz CT molecular complexity index is 663. The lowest BCUT2D eigenvalue weighted by Crippen LogP contribution is -2.31. The fourth-order valence-electron chi connectivity index (χ4n) is 1.62. The predicted molar refractivity (Wildman–Crippen MR) is 83.7 cm³/mol. The minimum absolute atomic E-state index is 0.0789. The van der Waals surface area contributed by atoms with Gasteiger partial charge in [-0.25, -0.2) is 9.67 Å². The Morgan fingerprint density at radius 3 is 2.86 bits per heavy atom. The molecule has 5 nitrogen and oxygen atoms in total. The average molecular weight is 305 g/mol. The number of benzene rings is 1. The maximum atomic E-state index is 11.8. The monoisotopic (exact) mass is 304 g/mol. The molecule has 0 aliphatic rings. The van der Waals surface area contributed by atoms with Crippen LogP contribution in [0.25, 0.3) is 17.6 Å². The molecule has 0 fully saturated rings. The fraction of sp³-hybridized carbons (Fsp3) is 0.267. The van der Waals surface area contributed by atoms with Gasteiger partial charge in [-0.15, -0.1) is 5.10 Å². The second-order valence-electron chi connectivity index (χ2n) is 4.92. The van der Waals surface area contributed by atoms with E-state index in [2.05, 4.69) is 10.1 Å². The predicted octanol–water partition coefficient (Wildman–Crippen LogP) is 2.94. The highest BCUT2D eigenvalue weighted by molar-refractivity contribution is 6.30. The number of likely N-dealkylation sites (N-methyl/N-ethyl adjacent to an activating group) is 1. The highest BCUT2D eigenvalue weighted by Gasteiger charge is 2.08. The van der Waals surface area contributed by atoms with Crippen molar-refractivity contribution in [3.8, 4) is 11.4 Å². The quantitative estimate of drug-likeness (QED) is 0.816. The first kappa shape index (κ1) is 15.3. The summed E-state index contributed by atoms with van der Waals surface area (Å²) >= 11 is 5.94. The number of aromatic nitrogens is 3. The van der Waals surface area contributed by atoms with E-state index < -0.39 is 0 Å². The molecule has 0 saturated heterocycles. The van der Waals surface area contributed by atoms with E-state index >= 15 is 0 Å². The van der Waals surface area contributed by atoms with Gasteiger partial charge in [-0.2, -0.15) is 0 Å².